The third-order valence-electron chi connectivity index (χ3n) is 3.26. The van der Waals surface area contributed by atoms with Crippen molar-refractivity contribution in [2.24, 2.45) is 7.05 Å². The normalized spacial score (nSPS) is 17.3. The molecule has 3 rings (SSSR count). The fourth-order valence-corrected chi connectivity index (χ4v) is 2.67. The van der Waals surface area contributed by atoms with Gasteiger partial charge in [-0.15, -0.1) is 11.3 Å². The van der Waals surface area contributed by atoms with Crippen molar-refractivity contribution in [1.82, 2.24) is 20.1 Å². The smallest absolute Gasteiger partial charge is 0.114 e. The molecule has 0 bridgehead atoms. The van der Waals surface area contributed by atoms with E-state index in [1.165, 1.54) is 24.1 Å². The summed E-state index contributed by atoms with van der Waals surface area (Å²) in [6.07, 6.45) is 6.38. The van der Waals surface area contributed by atoms with E-state index in [9.17, 15) is 0 Å². The van der Waals surface area contributed by atoms with E-state index in [0.717, 1.165) is 5.01 Å². The molecule has 0 amide bonds. The first-order chi connectivity index (χ1) is 8.25. The fraction of sp³-hybridized carbons (Fsp3) is 0.500. The van der Waals surface area contributed by atoms with Gasteiger partial charge in [0.1, 0.15) is 5.01 Å². The van der Waals surface area contributed by atoms with Gasteiger partial charge < -0.3 is 5.32 Å². The Balaban J connectivity index is 1.95. The van der Waals surface area contributed by atoms with Gasteiger partial charge in [-0.25, -0.2) is 4.98 Å². The first-order valence-corrected chi connectivity index (χ1v) is 6.77. The minimum absolute atomic E-state index is 0.205. The summed E-state index contributed by atoms with van der Waals surface area (Å²) in [5, 5.41) is 11.1. The van der Waals surface area contributed by atoms with Crippen molar-refractivity contribution in [2.75, 3.05) is 0 Å². The van der Waals surface area contributed by atoms with Gasteiger partial charge in [0, 0.05) is 35.9 Å². The van der Waals surface area contributed by atoms with Crippen molar-refractivity contribution in [1.29, 1.82) is 0 Å². The molecule has 0 aromatic carbocycles. The van der Waals surface area contributed by atoms with E-state index in [-0.39, 0.29) is 6.04 Å². The lowest BCUT2D eigenvalue weighted by Gasteiger charge is -2.15. The third kappa shape index (κ3) is 2.12. The molecule has 2 heterocycles. The molecule has 2 aromatic rings. The second kappa shape index (κ2) is 4.23. The first-order valence-electron chi connectivity index (χ1n) is 5.89. The van der Waals surface area contributed by atoms with Crippen LogP contribution in [0.4, 0.5) is 0 Å². The SMILES string of the molecule is Cc1c(C(NC2CC2)c2nccs2)cnn1C. The molecule has 90 valence electrons. The highest BCUT2D eigenvalue weighted by atomic mass is 32.1. The van der Waals surface area contributed by atoms with Gasteiger partial charge in [-0.2, -0.15) is 5.10 Å². The predicted octanol–water partition coefficient (Wildman–Crippen LogP) is 2.03. The van der Waals surface area contributed by atoms with E-state index < -0.39 is 0 Å². The van der Waals surface area contributed by atoms with Crippen LogP contribution in [-0.4, -0.2) is 20.8 Å². The molecule has 1 unspecified atom stereocenters. The van der Waals surface area contributed by atoms with Crippen molar-refractivity contribution in [2.45, 2.75) is 31.8 Å². The standard InChI is InChI=1S/C12H16N4S/c1-8-10(7-14-16(8)2)11(15-9-3-4-9)12-13-5-6-17-12/h5-7,9,11,15H,3-4H2,1-2H3. The zero-order valence-electron chi connectivity index (χ0n) is 10.1. The van der Waals surface area contributed by atoms with Crippen LogP contribution in [0.25, 0.3) is 0 Å². The number of thiazole rings is 1. The Morgan fingerprint density at radius 3 is 2.88 bits per heavy atom. The average Bonchev–Trinajstić information content (AvgIpc) is 2.87. The predicted molar refractivity (Wildman–Crippen MR) is 68.1 cm³/mol. The second-order valence-corrected chi connectivity index (χ2v) is 5.48. The lowest BCUT2D eigenvalue weighted by atomic mass is 10.1. The van der Waals surface area contributed by atoms with Gasteiger partial charge in [0.15, 0.2) is 0 Å². The monoisotopic (exact) mass is 248 g/mol. The molecule has 0 aliphatic heterocycles. The summed E-state index contributed by atoms with van der Waals surface area (Å²) < 4.78 is 1.92. The highest BCUT2D eigenvalue weighted by Gasteiger charge is 2.29. The van der Waals surface area contributed by atoms with Crippen LogP contribution in [0.15, 0.2) is 17.8 Å². The van der Waals surface area contributed by atoms with E-state index in [4.69, 9.17) is 0 Å². The topological polar surface area (TPSA) is 42.7 Å². The van der Waals surface area contributed by atoms with E-state index in [1.807, 2.05) is 29.5 Å². The number of hydrogen-bond acceptors (Lipinski definition) is 4. The number of nitrogens with one attached hydrogen (secondary N) is 1. The quantitative estimate of drug-likeness (QED) is 0.900. The average molecular weight is 248 g/mol. The highest BCUT2D eigenvalue weighted by molar-refractivity contribution is 7.09. The molecule has 17 heavy (non-hydrogen) atoms. The molecule has 5 heteroatoms. The van der Waals surface area contributed by atoms with Crippen LogP contribution in [-0.2, 0) is 7.05 Å². The zero-order valence-corrected chi connectivity index (χ0v) is 10.9. The van der Waals surface area contributed by atoms with Gasteiger partial charge in [0.2, 0.25) is 0 Å². The van der Waals surface area contributed by atoms with Gasteiger partial charge >= 0.3 is 0 Å². The Morgan fingerprint density at radius 1 is 1.53 bits per heavy atom. The van der Waals surface area contributed by atoms with E-state index in [2.05, 4.69) is 22.3 Å². The van der Waals surface area contributed by atoms with Crippen molar-refractivity contribution in [3.05, 3.63) is 34.0 Å². The van der Waals surface area contributed by atoms with E-state index >= 15 is 0 Å². The van der Waals surface area contributed by atoms with E-state index in [1.54, 1.807) is 11.3 Å². The van der Waals surface area contributed by atoms with Crippen molar-refractivity contribution < 1.29 is 0 Å². The lowest BCUT2D eigenvalue weighted by Crippen LogP contribution is -2.24. The molecule has 1 N–H and O–H groups in total. The Hall–Kier alpha value is -1.20. The fourth-order valence-electron chi connectivity index (χ4n) is 1.96. The number of hydrogen-bond donors (Lipinski definition) is 1. The van der Waals surface area contributed by atoms with Crippen LogP contribution in [0.3, 0.4) is 0 Å². The first kappa shape index (κ1) is 10.9. The summed E-state index contributed by atoms with van der Waals surface area (Å²) in [7, 11) is 1.98. The Bertz CT molecular complexity index is 499. The summed E-state index contributed by atoms with van der Waals surface area (Å²) in [6.45, 7) is 2.11. The van der Waals surface area contributed by atoms with Crippen LogP contribution in [0, 0.1) is 6.92 Å². The summed E-state index contributed by atoms with van der Waals surface area (Å²) in [5.41, 5.74) is 2.45. The van der Waals surface area contributed by atoms with Gasteiger partial charge in [-0.1, -0.05) is 0 Å². The van der Waals surface area contributed by atoms with Crippen LogP contribution in [0.1, 0.15) is 35.1 Å². The molecule has 0 spiro atoms. The summed E-state index contributed by atoms with van der Waals surface area (Å²) in [4.78, 5) is 4.44. The van der Waals surface area contributed by atoms with Gasteiger partial charge in [-0.05, 0) is 19.8 Å². The van der Waals surface area contributed by atoms with Crippen molar-refractivity contribution in [3.8, 4) is 0 Å². The van der Waals surface area contributed by atoms with Crippen LogP contribution in [0.5, 0.6) is 0 Å². The molecule has 1 aliphatic carbocycles. The Labute approximate surface area is 105 Å². The minimum Gasteiger partial charge on any atom is -0.301 e. The molecular weight excluding hydrogens is 232 g/mol. The summed E-state index contributed by atoms with van der Waals surface area (Å²) in [6, 6.07) is 0.861. The lowest BCUT2D eigenvalue weighted by molar-refractivity contribution is 0.593. The molecule has 4 nitrogen and oxygen atoms in total. The number of nitrogens with zero attached hydrogens (tertiary/aromatic N) is 3. The maximum absolute atomic E-state index is 4.44. The molecule has 1 fully saturated rings. The zero-order chi connectivity index (χ0) is 11.8. The Kier molecular flexibility index (Phi) is 2.72. The number of rotatable bonds is 4. The van der Waals surface area contributed by atoms with Gasteiger partial charge in [0.25, 0.3) is 0 Å². The van der Waals surface area contributed by atoms with Crippen LogP contribution < -0.4 is 5.32 Å². The maximum Gasteiger partial charge on any atom is 0.114 e. The number of aryl methyl sites for hydroxylation is 1. The molecule has 1 aliphatic rings. The van der Waals surface area contributed by atoms with E-state index in [0.29, 0.717) is 6.04 Å². The van der Waals surface area contributed by atoms with Gasteiger partial charge in [-0.3, -0.25) is 4.68 Å². The third-order valence-corrected chi connectivity index (χ3v) is 4.10. The molecule has 1 atom stereocenters. The second-order valence-electron chi connectivity index (χ2n) is 4.55. The highest BCUT2D eigenvalue weighted by Crippen LogP contribution is 2.30. The van der Waals surface area contributed by atoms with Crippen LogP contribution in [0.2, 0.25) is 0 Å². The molecule has 1 saturated carbocycles. The van der Waals surface area contributed by atoms with Crippen molar-refractivity contribution in [3.63, 3.8) is 0 Å². The largest absolute Gasteiger partial charge is 0.301 e. The molecular formula is C12H16N4S. The summed E-state index contributed by atoms with van der Waals surface area (Å²) in [5.74, 6) is 0. The van der Waals surface area contributed by atoms with Gasteiger partial charge in [0.05, 0.1) is 12.2 Å². The van der Waals surface area contributed by atoms with Crippen LogP contribution >= 0.6 is 11.3 Å². The Morgan fingerprint density at radius 2 is 2.35 bits per heavy atom. The summed E-state index contributed by atoms with van der Waals surface area (Å²) >= 11 is 1.70. The minimum atomic E-state index is 0.205. The molecule has 0 saturated heterocycles. The molecule has 2 aromatic heterocycles. The maximum atomic E-state index is 4.44. The molecule has 0 radical (unpaired) electrons. The number of aromatic nitrogens is 3. The van der Waals surface area contributed by atoms with Crippen molar-refractivity contribution >= 4 is 11.3 Å².